The minimum Gasteiger partial charge on any atom is -0.370 e. The number of benzene rings is 1. The lowest BCUT2D eigenvalue weighted by molar-refractivity contribution is -0.119. The molecule has 2 rings (SSSR count). The van der Waals surface area contributed by atoms with Gasteiger partial charge in [0.05, 0.1) is 11.4 Å². The first-order chi connectivity index (χ1) is 12.9. The Hall–Kier alpha value is -2.13. The maximum absolute atomic E-state index is 11.8. The second-order valence-electron chi connectivity index (χ2n) is 6.65. The quantitative estimate of drug-likeness (QED) is 0.463. The number of rotatable bonds is 7. The summed E-state index contributed by atoms with van der Waals surface area (Å²) >= 11 is 0. The topological polar surface area (TPSA) is 117 Å². The fourth-order valence-corrected chi connectivity index (χ4v) is 3.92. The summed E-state index contributed by atoms with van der Waals surface area (Å²) in [5.41, 5.74) is 6.26. The van der Waals surface area contributed by atoms with Crippen LogP contribution in [0.25, 0.3) is 0 Å². The minimum atomic E-state index is -3.43. The van der Waals surface area contributed by atoms with Crippen LogP contribution in [0.2, 0.25) is 0 Å². The van der Waals surface area contributed by atoms with E-state index in [1.807, 2.05) is 6.92 Å². The highest BCUT2D eigenvalue weighted by Gasteiger charge is 2.23. The van der Waals surface area contributed by atoms with Gasteiger partial charge in [-0.1, -0.05) is 12.1 Å². The van der Waals surface area contributed by atoms with Crippen LogP contribution in [0.5, 0.6) is 0 Å². The number of nitrogens with two attached hydrogens (primary N) is 1. The van der Waals surface area contributed by atoms with Crippen LogP contribution in [0, 0.1) is 5.92 Å². The molecule has 1 atom stereocenters. The first-order valence-electron chi connectivity index (χ1n) is 9.19. The Morgan fingerprint density at radius 1 is 1.33 bits per heavy atom. The Morgan fingerprint density at radius 2 is 2.04 bits per heavy atom. The van der Waals surface area contributed by atoms with E-state index >= 15 is 0 Å². The average molecular weight is 396 g/mol. The zero-order valence-electron chi connectivity index (χ0n) is 15.9. The van der Waals surface area contributed by atoms with Crippen molar-refractivity contribution in [2.75, 3.05) is 26.7 Å². The van der Waals surface area contributed by atoms with Gasteiger partial charge in [-0.3, -0.25) is 4.79 Å². The van der Waals surface area contributed by atoms with Gasteiger partial charge in [0.1, 0.15) is 0 Å². The third-order valence-corrected chi connectivity index (χ3v) is 5.99. The van der Waals surface area contributed by atoms with E-state index in [9.17, 15) is 13.2 Å². The van der Waals surface area contributed by atoms with Crippen LogP contribution in [-0.4, -0.2) is 51.9 Å². The van der Waals surface area contributed by atoms with Crippen molar-refractivity contribution >= 4 is 21.9 Å². The summed E-state index contributed by atoms with van der Waals surface area (Å²) in [6.07, 6.45) is 2.40. The lowest BCUT2D eigenvalue weighted by Crippen LogP contribution is -2.47. The molecule has 0 aliphatic carbocycles. The molecule has 1 amide bonds. The highest BCUT2D eigenvalue weighted by Crippen LogP contribution is 2.19. The Bertz CT molecular complexity index is 762. The van der Waals surface area contributed by atoms with Crippen molar-refractivity contribution in [3.63, 3.8) is 0 Å². The highest BCUT2D eigenvalue weighted by molar-refractivity contribution is 7.89. The number of hydrogen-bond donors (Lipinski definition) is 3. The number of carbonyl (C=O) groups is 1. The standard InChI is InChI=1S/C18H29N5O3S/c1-3-21-18(23-10-4-5-15(13-23)11-17(19)24)22-12-14-6-8-16(9-7-14)27(25,26)20-2/h6-9,15,20H,3-5,10-13H2,1-2H3,(H2,19,24)(H,21,22). The molecule has 27 heavy (non-hydrogen) atoms. The van der Waals surface area contributed by atoms with Gasteiger partial charge in [0.2, 0.25) is 15.9 Å². The molecular formula is C18H29N5O3S. The molecule has 0 saturated carbocycles. The van der Waals surface area contributed by atoms with E-state index in [4.69, 9.17) is 5.73 Å². The third-order valence-electron chi connectivity index (χ3n) is 4.56. The molecule has 1 aromatic rings. The molecule has 1 heterocycles. The van der Waals surface area contributed by atoms with Crippen molar-refractivity contribution in [1.29, 1.82) is 0 Å². The number of primary amides is 1. The number of carbonyl (C=O) groups excluding carboxylic acids is 1. The molecule has 1 aliphatic rings. The van der Waals surface area contributed by atoms with Crippen LogP contribution in [0.3, 0.4) is 0 Å². The first kappa shape index (κ1) is 21.2. The summed E-state index contributed by atoms with van der Waals surface area (Å²) in [6, 6.07) is 6.69. The lowest BCUT2D eigenvalue weighted by Gasteiger charge is -2.34. The molecule has 1 fully saturated rings. The summed E-state index contributed by atoms with van der Waals surface area (Å²) in [7, 11) is -2.04. The van der Waals surface area contributed by atoms with Crippen molar-refractivity contribution in [3.05, 3.63) is 29.8 Å². The van der Waals surface area contributed by atoms with Crippen LogP contribution in [0.1, 0.15) is 31.7 Å². The minimum absolute atomic E-state index is 0.231. The van der Waals surface area contributed by atoms with Crippen LogP contribution in [0.15, 0.2) is 34.2 Å². The Labute approximate surface area is 161 Å². The van der Waals surface area contributed by atoms with Gasteiger partial charge >= 0.3 is 0 Å². The monoisotopic (exact) mass is 395 g/mol. The van der Waals surface area contributed by atoms with Gasteiger partial charge in [-0.25, -0.2) is 18.1 Å². The molecule has 0 radical (unpaired) electrons. The van der Waals surface area contributed by atoms with Crippen molar-refractivity contribution in [3.8, 4) is 0 Å². The van der Waals surface area contributed by atoms with Crippen molar-refractivity contribution < 1.29 is 13.2 Å². The molecule has 1 saturated heterocycles. The molecular weight excluding hydrogens is 366 g/mol. The van der Waals surface area contributed by atoms with Crippen LogP contribution in [-0.2, 0) is 21.4 Å². The summed E-state index contributed by atoms with van der Waals surface area (Å²) < 4.78 is 25.9. The van der Waals surface area contributed by atoms with Gasteiger partial charge in [-0.05, 0) is 50.4 Å². The third kappa shape index (κ3) is 6.21. The van der Waals surface area contributed by atoms with Gasteiger partial charge in [0, 0.05) is 26.1 Å². The second kappa shape index (κ2) is 9.70. The van der Waals surface area contributed by atoms with Crippen LogP contribution < -0.4 is 15.8 Å². The van der Waals surface area contributed by atoms with Crippen LogP contribution >= 0.6 is 0 Å². The zero-order valence-corrected chi connectivity index (χ0v) is 16.8. The number of piperidine rings is 1. The molecule has 9 heteroatoms. The highest BCUT2D eigenvalue weighted by atomic mass is 32.2. The molecule has 0 spiro atoms. The molecule has 1 aliphatic heterocycles. The second-order valence-corrected chi connectivity index (χ2v) is 8.53. The maximum atomic E-state index is 11.8. The van der Waals surface area contributed by atoms with Crippen LogP contribution in [0.4, 0.5) is 0 Å². The number of nitrogens with zero attached hydrogens (tertiary/aromatic N) is 2. The van der Waals surface area contributed by atoms with Crippen molar-refractivity contribution in [2.24, 2.45) is 16.6 Å². The van der Waals surface area contributed by atoms with Gasteiger partial charge in [0.25, 0.3) is 0 Å². The fraction of sp³-hybridized carbons (Fsp3) is 0.556. The number of nitrogens with one attached hydrogen (secondary N) is 2. The molecule has 1 unspecified atom stereocenters. The van der Waals surface area contributed by atoms with E-state index in [1.54, 1.807) is 24.3 Å². The number of hydrogen-bond acceptors (Lipinski definition) is 4. The van der Waals surface area contributed by atoms with E-state index in [0.717, 1.165) is 44.0 Å². The molecule has 8 nitrogen and oxygen atoms in total. The zero-order chi connectivity index (χ0) is 19.9. The summed E-state index contributed by atoms with van der Waals surface area (Å²) in [6.45, 7) is 4.85. The molecule has 0 bridgehead atoms. The van der Waals surface area contributed by atoms with Gasteiger partial charge < -0.3 is 16.0 Å². The van der Waals surface area contributed by atoms with E-state index in [1.165, 1.54) is 7.05 Å². The van der Waals surface area contributed by atoms with E-state index in [0.29, 0.717) is 13.0 Å². The SMILES string of the molecule is CCNC(=NCc1ccc(S(=O)(=O)NC)cc1)N1CCCC(CC(N)=O)C1. The van der Waals surface area contributed by atoms with Gasteiger partial charge in [-0.15, -0.1) is 0 Å². The van der Waals surface area contributed by atoms with Gasteiger partial charge in [0.15, 0.2) is 5.96 Å². The lowest BCUT2D eigenvalue weighted by atomic mass is 9.95. The smallest absolute Gasteiger partial charge is 0.240 e. The number of sulfonamides is 1. The number of guanidine groups is 1. The fourth-order valence-electron chi connectivity index (χ4n) is 3.19. The first-order valence-corrected chi connectivity index (χ1v) is 10.7. The van der Waals surface area contributed by atoms with Crippen molar-refractivity contribution in [1.82, 2.24) is 14.9 Å². The summed E-state index contributed by atoms with van der Waals surface area (Å²) in [4.78, 5) is 18.3. The molecule has 0 aromatic heterocycles. The van der Waals surface area contributed by atoms with E-state index in [-0.39, 0.29) is 16.7 Å². The number of amides is 1. The van der Waals surface area contributed by atoms with Gasteiger partial charge in [-0.2, -0.15) is 0 Å². The average Bonchev–Trinajstić information content (AvgIpc) is 2.65. The Kier molecular flexibility index (Phi) is 7.61. The van der Waals surface area contributed by atoms with Crippen molar-refractivity contribution in [2.45, 2.75) is 37.6 Å². The maximum Gasteiger partial charge on any atom is 0.240 e. The molecule has 1 aromatic carbocycles. The van der Waals surface area contributed by atoms with E-state index < -0.39 is 10.0 Å². The molecule has 4 N–H and O–H groups in total. The number of aliphatic imine (C=N–C) groups is 1. The largest absolute Gasteiger partial charge is 0.370 e. The predicted molar refractivity (Wildman–Crippen MR) is 106 cm³/mol. The number of likely N-dealkylation sites (tertiary alicyclic amines) is 1. The normalized spacial score (nSPS) is 18.4. The predicted octanol–water partition coefficient (Wildman–Crippen LogP) is 0.648. The van der Waals surface area contributed by atoms with E-state index in [2.05, 4.69) is 19.9 Å². The molecule has 150 valence electrons. The summed E-state index contributed by atoms with van der Waals surface area (Å²) in [5.74, 6) is 0.796. The Morgan fingerprint density at radius 3 is 2.63 bits per heavy atom. The Balaban J connectivity index is 2.07. The summed E-state index contributed by atoms with van der Waals surface area (Å²) in [5, 5.41) is 3.30.